The van der Waals surface area contributed by atoms with Crippen molar-refractivity contribution >= 4 is 11.9 Å². The van der Waals surface area contributed by atoms with Gasteiger partial charge < -0.3 is 20.5 Å². The van der Waals surface area contributed by atoms with Gasteiger partial charge >= 0.3 is 0 Å². The molecule has 7 nitrogen and oxygen atoms in total. The Kier molecular flexibility index (Phi) is 2.44. The molecule has 0 bridgehead atoms. The molecule has 0 amide bonds. The Hall–Kier alpha value is -2.44. The van der Waals surface area contributed by atoms with Crippen LogP contribution in [-0.2, 0) is 13.6 Å². The van der Waals surface area contributed by atoms with Crippen molar-refractivity contribution in [2.75, 3.05) is 17.8 Å². The zero-order valence-corrected chi connectivity index (χ0v) is 9.88. The second-order valence-electron chi connectivity index (χ2n) is 3.98. The molecule has 0 radical (unpaired) electrons. The summed E-state index contributed by atoms with van der Waals surface area (Å²) in [6.07, 6.45) is 0. The highest BCUT2D eigenvalue weighted by Crippen LogP contribution is 2.32. The molecule has 1 aromatic heterocycles. The number of hydrogen-bond acceptors (Lipinski definition) is 6. The van der Waals surface area contributed by atoms with E-state index < -0.39 is 0 Å². The Labute approximate surface area is 104 Å². The molecule has 18 heavy (non-hydrogen) atoms. The quantitative estimate of drug-likeness (QED) is 0.831. The molecule has 2 heterocycles. The zero-order valence-electron chi connectivity index (χ0n) is 9.88. The van der Waals surface area contributed by atoms with Crippen molar-refractivity contribution in [3.63, 3.8) is 0 Å². The number of hydrogen-bond donors (Lipinski definition) is 2. The highest BCUT2D eigenvalue weighted by atomic mass is 16.7. The predicted molar refractivity (Wildman–Crippen MR) is 65.3 cm³/mol. The molecule has 1 aromatic carbocycles. The van der Waals surface area contributed by atoms with Crippen LogP contribution in [-0.4, -0.2) is 21.6 Å². The Morgan fingerprint density at radius 2 is 2.17 bits per heavy atom. The standard InChI is InChI=1S/C11H13N5O2/c1-16-10(12)14-15-11(16)13-5-7-2-3-8-9(4-7)18-6-17-8/h2-4H,5-6H2,1H3,(H2,12,14)(H,13,15). The number of benzene rings is 1. The van der Waals surface area contributed by atoms with E-state index in [9.17, 15) is 0 Å². The van der Waals surface area contributed by atoms with Crippen LogP contribution >= 0.6 is 0 Å². The van der Waals surface area contributed by atoms with Crippen LogP contribution in [0.15, 0.2) is 18.2 Å². The van der Waals surface area contributed by atoms with Crippen molar-refractivity contribution in [1.29, 1.82) is 0 Å². The first-order valence-electron chi connectivity index (χ1n) is 5.51. The van der Waals surface area contributed by atoms with E-state index in [1.807, 2.05) is 18.2 Å². The second kappa shape index (κ2) is 4.10. The molecule has 0 fully saturated rings. The normalized spacial score (nSPS) is 12.7. The summed E-state index contributed by atoms with van der Waals surface area (Å²) in [4.78, 5) is 0. The van der Waals surface area contributed by atoms with Crippen molar-refractivity contribution in [2.45, 2.75) is 6.54 Å². The fourth-order valence-corrected chi connectivity index (χ4v) is 1.73. The zero-order chi connectivity index (χ0) is 12.5. The third-order valence-electron chi connectivity index (χ3n) is 2.80. The van der Waals surface area contributed by atoms with Gasteiger partial charge in [-0.2, -0.15) is 0 Å². The van der Waals surface area contributed by atoms with E-state index in [2.05, 4.69) is 15.5 Å². The maximum absolute atomic E-state index is 5.60. The van der Waals surface area contributed by atoms with Gasteiger partial charge in [0.1, 0.15) is 0 Å². The van der Waals surface area contributed by atoms with Crippen LogP contribution in [0.4, 0.5) is 11.9 Å². The van der Waals surface area contributed by atoms with Gasteiger partial charge in [-0.25, -0.2) is 0 Å². The molecule has 94 valence electrons. The summed E-state index contributed by atoms with van der Waals surface area (Å²) in [7, 11) is 1.80. The summed E-state index contributed by atoms with van der Waals surface area (Å²) >= 11 is 0. The van der Waals surface area contributed by atoms with E-state index in [0.717, 1.165) is 17.1 Å². The van der Waals surface area contributed by atoms with Crippen molar-refractivity contribution in [3.05, 3.63) is 23.8 Å². The number of aromatic nitrogens is 3. The first kappa shape index (κ1) is 10.7. The lowest BCUT2D eigenvalue weighted by molar-refractivity contribution is 0.174. The molecule has 7 heteroatoms. The molecule has 0 saturated carbocycles. The molecule has 3 N–H and O–H groups in total. The molecule has 0 spiro atoms. The van der Waals surface area contributed by atoms with E-state index in [4.69, 9.17) is 15.2 Å². The summed E-state index contributed by atoms with van der Waals surface area (Å²) < 4.78 is 12.3. The van der Waals surface area contributed by atoms with Crippen molar-refractivity contribution < 1.29 is 9.47 Å². The average Bonchev–Trinajstić information content (AvgIpc) is 2.96. The van der Waals surface area contributed by atoms with E-state index in [-0.39, 0.29) is 6.79 Å². The highest BCUT2D eigenvalue weighted by Gasteiger charge is 2.13. The van der Waals surface area contributed by atoms with Crippen molar-refractivity contribution in [2.24, 2.45) is 7.05 Å². The first-order valence-corrected chi connectivity index (χ1v) is 5.51. The number of nitrogen functional groups attached to an aromatic ring is 1. The third kappa shape index (κ3) is 1.79. The van der Waals surface area contributed by atoms with Crippen LogP contribution in [0, 0.1) is 0 Å². The number of ether oxygens (including phenoxy) is 2. The van der Waals surface area contributed by atoms with Gasteiger partial charge in [-0.05, 0) is 17.7 Å². The summed E-state index contributed by atoms with van der Waals surface area (Å²) in [5.41, 5.74) is 6.67. The van der Waals surface area contributed by atoms with Crippen LogP contribution in [0.25, 0.3) is 0 Å². The number of nitrogens with zero attached hydrogens (tertiary/aromatic N) is 3. The molecular formula is C11H13N5O2. The van der Waals surface area contributed by atoms with Crippen LogP contribution in [0.1, 0.15) is 5.56 Å². The first-order chi connectivity index (χ1) is 8.74. The molecular weight excluding hydrogens is 234 g/mol. The van der Waals surface area contributed by atoms with Gasteiger partial charge in [0.05, 0.1) is 0 Å². The van der Waals surface area contributed by atoms with E-state index in [1.54, 1.807) is 11.6 Å². The Morgan fingerprint density at radius 3 is 2.94 bits per heavy atom. The Balaban J connectivity index is 1.72. The number of nitrogens with one attached hydrogen (secondary N) is 1. The minimum atomic E-state index is 0.284. The van der Waals surface area contributed by atoms with Gasteiger partial charge in [0.25, 0.3) is 0 Å². The Morgan fingerprint density at radius 1 is 1.33 bits per heavy atom. The fraction of sp³-hybridized carbons (Fsp3) is 0.273. The van der Waals surface area contributed by atoms with Gasteiger partial charge in [-0.1, -0.05) is 6.07 Å². The van der Waals surface area contributed by atoms with E-state index in [1.165, 1.54) is 0 Å². The topological polar surface area (TPSA) is 87.2 Å². The number of fused-ring (bicyclic) bond motifs is 1. The van der Waals surface area contributed by atoms with Crippen LogP contribution in [0.3, 0.4) is 0 Å². The summed E-state index contributed by atoms with van der Waals surface area (Å²) in [5, 5.41) is 10.8. The number of rotatable bonds is 3. The number of nitrogens with two attached hydrogens (primary N) is 1. The molecule has 0 saturated heterocycles. The number of anilines is 2. The lowest BCUT2D eigenvalue weighted by atomic mass is 10.2. The molecule has 1 aliphatic heterocycles. The molecule has 3 rings (SSSR count). The lowest BCUT2D eigenvalue weighted by Crippen LogP contribution is -2.06. The highest BCUT2D eigenvalue weighted by molar-refractivity contribution is 5.45. The molecule has 2 aromatic rings. The minimum absolute atomic E-state index is 0.284. The molecule has 0 unspecified atom stereocenters. The Bertz CT molecular complexity index is 581. The van der Waals surface area contributed by atoms with E-state index >= 15 is 0 Å². The summed E-state index contributed by atoms with van der Waals surface area (Å²) in [6, 6.07) is 5.81. The monoisotopic (exact) mass is 247 g/mol. The largest absolute Gasteiger partial charge is 0.454 e. The minimum Gasteiger partial charge on any atom is -0.454 e. The second-order valence-corrected chi connectivity index (χ2v) is 3.98. The van der Waals surface area contributed by atoms with Crippen LogP contribution < -0.4 is 20.5 Å². The average molecular weight is 247 g/mol. The van der Waals surface area contributed by atoms with Crippen molar-refractivity contribution in [3.8, 4) is 11.5 Å². The molecule has 0 aliphatic carbocycles. The van der Waals surface area contributed by atoms with Gasteiger partial charge in [-0.15, -0.1) is 10.2 Å². The maximum Gasteiger partial charge on any atom is 0.231 e. The van der Waals surface area contributed by atoms with Gasteiger partial charge in [0, 0.05) is 13.6 Å². The maximum atomic E-state index is 5.60. The molecule has 1 aliphatic rings. The van der Waals surface area contributed by atoms with Gasteiger partial charge in [0.15, 0.2) is 11.5 Å². The SMILES string of the molecule is Cn1c(N)nnc1NCc1ccc2c(c1)OCO2. The summed E-state index contributed by atoms with van der Waals surface area (Å²) in [5.74, 6) is 2.56. The van der Waals surface area contributed by atoms with Gasteiger partial charge in [0.2, 0.25) is 18.7 Å². The third-order valence-corrected chi connectivity index (χ3v) is 2.80. The van der Waals surface area contributed by atoms with Crippen LogP contribution in [0.2, 0.25) is 0 Å². The smallest absolute Gasteiger partial charge is 0.231 e. The lowest BCUT2D eigenvalue weighted by Gasteiger charge is -2.06. The fourth-order valence-electron chi connectivity index (χ4n) is 1.73. The summed E-state index contributed by atoms with van der Waals surface area (Å²) in [6.45, 7) is 0.897. The molecule has 0 atom stereocenters. The van der Waals surface area contributed by atoms with E-state index in [0.29, 0.717) is 18.4 Å². The van der Waals surface area contributed by atoms with Crippen molar-refractivity contribution in [1.82, 2.24) is 14.8 Å². The predicted octanol–water partition coefficient (Wildman–Crippen LogP) is 0.738. The van der Waals surface area contributed by atoms with Gasteiger partial charge in [-0.3, -0.25) is 4.57 Å². The van der Waals surface area contributed by atoms with Crippen LogP contribution in [0.5, 0.6) is 11.5 Å².